The molecule has 2 unspecified atom stereocenters. The highest BCUT2D eigenvalue weighted by atomic mass is 14.9. The molecule has 0 aliphatic carbocycles. The molecule has 1 heterocycles. The number of aromatic nitrogens is 2. The first-order valence-electron chi connectivity index (χ1n) is 6.14. The van der Waals surface area contributed by atoms with Crippen LogP contribution in [-0.2, 0) is 0 Å². The van der Waals surface area contributed by atoms with Crippen LogP contribution in [0.1, 0.15) is 50.3 Å². The molecule has 1 aromatic rings. The van der Waals surface area contributed by atoms with Crippen LogP contribution in [0.2, 0.25) is 0 Å². The van der Waals surface area contributed by atoms with Gasteiger partial charge in [0.1, 0.15) is 5.82 Å². The summed E-state index contributed by atoms with van der Waals surface area (Å²) in [4.78, 5) is 8.88. The summed E-state index contributed by atoms with van der Waals surface area (Å²) >= 11 is 0. The van der Waals surface area contributed by atoms with E-state index in [0.29, 0.717) is 12.0 Å². The molecule has 0 amide bonds. The molecule has 0 saturated carbocycles. The van der Waals surface area contributed by atoms with Crippen molar-refractivity contribution in [2.45, 2.75) is 53.0 Å². The van der Waals surface area contributed by atoms with Gasteiger partial charge in [-0.1, -0.05) is 13.8 Å². The van der Waals surface area contributed by atoms with Gasteiger partial charge in [0, 0.05) is 23.3 Å². The fourth-order valence-corrected chi connectivity index (χ4v) is 2.22. The topological polar surface area (TPSA) is 37.8 Å². The fourth-order valence-electron chi connectivity index (χ4n) is 2.22. The number of hydrogen-bond acceptors (Lipinski definition) is 3. The van der Waals surface area contributed by atoms with Gasteiger partial charge in [0.15, 0.2) is 0 Å². The Balaban J connectivity index is 2.94. The van der Waals surface area contributed by atoms with Gasteiger partial charge in [-0.2, -0.15) is 0 Å². The van der Waals surface area contributed by atoms with Gasteiger partial charge in [-0.3, -0.25) is 0 Å². The van der Waals surface area contributed by atoms with E-state index in [4.69, 9.17) is 0 Å². The second-order valence-electron chi connectivity index (χ2n) is 4.34. The highest BCUT2D eigenvalue weighted by Gasteiger charge is 2.18. The Morgan fingerprint density at radius 3 is 2.44 bits per heavy atom. The number of likely N-dealkylation sites (N-methyl/N-ethyl adjacent to an activating group) is 1. The van der Waals surface area contributed by atoms with Crippen LogP contribution >= 0.6 is 0 Å². The highest BCUT2D eigenvalue weighted by Crippen LogP contribution is 2.22. The molecule has 3 nitrogen and oxygen atoms in total. The fraction of sp³-hybridized carbons (Fsp3) is 0.692. The summed E-state index contributed by atoms with van der Waals surface area (Å²) in [6, 6.07) is 2.57. The van der Waals surface area contributed by atoms with Crippen LogP contribution in [0.4, 0.5) is 0 Å². The van der Waals surface area contributed by atoms with Gasteiger partial charge >= 0.3 is 0 Å². The van der Waals surface area contributed by atoms with Gasteiger partial charge in [-0.15, -0.1) is 0 Å². The summed E-state index contributed by atoms with van der Waals surface area (Å²) in [6.45, 7) is 11.6. The van der Waals surface area contributed by atoms with Crippen molar-refractivity contribution in [2.24, 2.45) is 0 Å². The van der Waals surface area contributed by atoms with Crippen molar-refractivity contribution in [1.29, 1.82) is 0 Å². The lowest BCUT2D eigenvalue weighted by Gasteiger charge is -2.23. The molecular formula is C13H23N3. The minimum atomic E-state index is 0.462. The minimum Gasteiger partial charge on any atom is -0.314 e. The second-order valence-corrected chi connectivity index (χ2v) is 4.34. The number of rotatable bonds is 5. The molecule has 1 aromatic heterocycles. The van der Waals surface area contributed by atoms with E-state index in [1.807, 2.05) is 13.8 Å². The predicted molar refractivity (Wildman–Crippen MR) is 67.7 cm³/mol. The average Bonchev–Trinajstić information content (AvgIpc) is 2.17. The van der Waals surface area contributed by atoms with E-state index >= 15 is 0 Å². The zero-order chi connectivity index (χ0) is 12.1. The Morgan fingerprint density at radius 2 is 1.94 bits per heavy atom. The first-order chi connectivity index (χ1) is 7.58. The van der Waals surface area contributed by atoms with Gasteiger partial charge in [-0.25, -0.2) is 9.97 Å². The van der Waals surface area contributed by atoms with E-state index in [9.17, 15) is 0 Å². The molecular weight excluding hydrogens is 198 g/mol. The van der Waals surface area contributed by atoms with Crippen molar-refractivity contribution in [3.05, 3.63) is 23.3 Å². The Labute approximate surface area is 98.7 Å². The quantitative estimate of drug-likeness (QED) is 0.830. The molecule has 0 aliphatic rings. The lowest BCUT2D eigenvalue weighted by Crippen LogP contribution is -2.32. The zero-order valence-corrected chi connectivity index (χ0v) is 11.0. The van der Waals surface area contributed by atoms with Gasteiger partial charge in [0.05, 0.1) is 0 Å². The third-order valence-electron chi connectivity index (χ3n) is 2.94. The van der Waals surface area contributed by atoms with Crippen molar-refractivity contribution in [1.82, 2.24) is 15.3 Å². The first-order valence-corrected chi connectivity index (χ1v) is 6.14. The van der Waals surface area contributed by atoms with Crippen LogP contribution in [0.5, 0.6) is 0 Å². The third kappa shape index (κ3) is 3.27. The molecule has 0 radical (unpaired) electrons. The minimum absolute atomic E-state index is 0.462. The predicted octanol–water partition coefficient (Wildman–Crippen LogP) is 2.59. The van der Waals surface area contributed by atoms with Gasteiger partial charge < -0.3 is 5.32 Å². The Morgan fingerprint density at radius 1 is 1.25 bits per heavy atom. The van der Waals surface area contributed by atoms with Crippen molar-refractivity contribution in [3.8, 4) is 0 Å². The van der Waals surface area contributed by atoms with Crippen LogP contribution in [-0.4, -0.2) is 22.6 Å². The van der Waals surface area contributed by atoms with Crippen molar-refractivity contribution in [2.75, 3.05) is 6.54 Å². The van der Waals surface area contributed by atoms with Crippen molar-refractivity contribution in [3.63, 3.8) is 0 Å². The molecule has 0 aromatic carbocycles. The maximum Gasteiger partial charge on any atom is 0.125 e. The lowest BCUT2D eigenvalue weighted by atomic mass is 9.94. The third-order valence-corrected chi connectivity index (χ3v) is 2.94. The molecule has 1 N–H and O–H groups in total. The largest absolute Gasteiger partial charge is 0.314 e. The summed E-state index contributed by atoms with van der Waals surface area (Å²) in [5.74, 6) is 1.34. The van der Waals surface area contributed by atoms with Crippen molar-refractivity contribution >= 4 is 0 Å². The monoisotopic (exact) mass is 221 g/mol. The van der Waals surface area contributed by atoms with E-state index in [0.717, 1.165) is 24.5 Å². The molecule has 3 heteroatoms. The maximum atomic E-state index is 4.56. The van der Waals surface area contributed by atoms with E-state index in [2.05, 4.69) is 42.1 Å². The van der Waals surface area contributed by atoms with E-state index < -0.39 is 0 Å². The number of hydrogen-bond donors (Lipinski definition) is 1. The summed E-state index contributed by atoms with van der Waals surface area (Å²) in [7, 11) is 0. The molecule has 90 valence electrons. The first kappa shape index (κ1) is 13.1. The van der Waals surface area contributed by atoms with Crippen LogP contribution in [0, 0.1) is 13.8 Å². The normalized spacial score (nSPS) is 14.8. The van der Waals surface area contributed by atoms with Crippen LogP contribution in [0.3, 0.4) is 0 Å². The zero-order valence-electron chi connectivity index (χ0n) is 11.0. The van der Waals surface area contributed by atoms with Gasteiger partial charge in [-0.05, 0) is 39.8 Å². The number of nitrogens with zero attached hydrogens (tertiary/aromatic N) is 2. The molecule has 1 rings (SSSR count). The van der Waals surface area contributed by atoms with Crippen LogP contribution in [0.25, 0.3) is 0 Å². The molecule has 2 atom stereocenters. The Hall–Kier alpha value is -0.960. The van der Waals surface area contributed by atoms with Gasteiger partial charge in [0.25, 0.3) is 0 Å². The molecule has 16 heavy (non-hydrogen) atoms. The summed E-state index contributed by atoms with van der Waals surface area (Å²) in [5.41, 5.74) is 2.23. The van der Waals surface area contributed by atoms with Crippen LogP contribution < -0.4 is 5.32 Å². The Bertz CT molecular complexity index is 316. The summed E-state index contributed by atoms with van der Waals surface area (Å²) in [5, 5.41) is 3.47. The standard InChI is InChI=1S/C13H23N3/c1-6-12(10(4)14-7-2)13-8-9(3)15-11(5)16-13/h8,10,12,14H,6-7H2,1-5H3. The summed E-state index contributed by atoms with van der Waals surface area (Å²) < 4.78 is 0. The number of aryl methyl sites for hydroxylation is 2. The van der Waals surface area contributed by atoms with Crippen LogP contribution in [0.15, 0.2) is 6.07 Å². The SMILES string of the molecule is CCNC(C)C(CC)c1cc(C)nc(C)n1. The number of nitrogens with one attached hydrogen (secondary N) is 1. The molecule has 0 saturated heterocycles. The summed E-state index contributed by atoms with van der Waals surface area (Å²) in [6.07, 6.45) is 1.10. The second kappa shape index (κ2) is 5.94. The average molecular weight is 221 g/mol. The van der Waals surface area contributed by atoms with E-state index in [-0.39, 0.29) is 0 Å². The van der Waals surface area contributed by atoms with E-state index in [1.54, 1.807) is 0 Å². The van der Waals surface area contributed by atoms with Crippen molar-refractivity contribution < 1.29 is 0 Å². The molecule has 0 bridgehead atoms. The van der Waals surface area contributed by atoms with Gasteiger partial charge in [0.2, 0.25) is 0 Å². The molecule has 0 fully saturated rings. The lowest BCUT2D eigenvalue weighted by molar-refractivity contribution is 0.451. The molecule has 0 spiro atoms. The highest BCUT2D eigenvalue weighted by molar-refractivity contribution is 5.15. The van der Waals surface area contributed by atoms with E-state index in [1.165, 1.54) is 5.69 Å². The molecule has 0 aliphatic heterocycles. The Kier molecular flexibility index (Phi) is 4.87. The smallest absolute Gasteiger partial charge is 0.125 e. The maximum absolute atomic E-state index is 4.56.